The largest absolute Gasteiger partial charge is 0.497 e. The predicted molar refractivity (Wildman–Crippen MR) is 94.2 cm³/mol. The van der Waals surface area contributed by atoms with Crippen molar-refractivity contribution in [2.45, 2.75) is 19.9 Å². The molecule has 0 aliphatic carbocycles. The Morgan fingerprint density at radius 3 is 2.48 bits per heavy atom. The molecular formula is C20H23NO2. The van der Waals surface area contributed by atoms with Crippen LogP contribution in [0.25, 0.3) is 6.08 Å². The second-order valence-corrected chi connectivity index (χ2v) is 5.75. The van der Waals surface area contributed by atoms with Crippen molar-refractivity contribution in [3.8, 4) is 5.75 Å². The van der Waals surface area contributed by atoms with E-state index in [0.717, 1.165) is 16.9 Å². The molecule has 0 fully saturated rings. The van der Waals surface area contributed by atoms with E-state index in [4.69, 9.17) is 4.74 Å². The van der Waals surface area contributed by atoms with E-state index in [9.17, 15) is 4.79 Å². The summed E-state index contributed by atoms with van der Waals surface area (Å²) in [6.07, 6.45) is 3.35. The van der Waals surface area contributed by atoms with Gasteiger partial charge in [0.1, 0.15) is 5.75 Å². The van der Waals surface area contributed by atoms with Gasteiger partial charge in [-0.25, -0.2) is 0 Å². The summed E-state index contributed by atoms with van der Waals surface area (Å²) in [5.41, 5.74) is 2.05. The topological polar surface area (TPSA) is 38.3 Å². The molecule has 2 aromatic rings. The average Bonchev–Trinajstić information content (AvgIpc) is 2.58. The molecule has 2 aromatic carbocycles. The van der Waals surface area contributed by atoms with Crippen molar-refractivity contribution in [1.29, 1.82) is 0 Å². The molecule has 0 spiro atoms. The lowest BCUT2D eigenvalue weighted by Gasteiger charge is -2.22. The van der Waals surface area contributed by atoms with Crippen molar-refractivity contribution in [3.05, 3.63) is 71.8 Å². The molecule has 1 N–H and O–H groups in total. The van der Waals surface area contributed by atoms with E-state index >= 15 is 0 Å². The maximum atomic E-state index is 12.2. The lowest BCUT2D eigenvalue weighted by Crippen LogP contribution is -2.30. The molecule has 3 heteroatoms. The Hall–Kier alpha value is -2.55. The molecule has 0 radical (unpaired) electrons. The van der Waals surface area contributed by atoms with E-state index in [1.807, 2.05) is 54.6 Å². The zero-order valence-corrected chi connectivity index (χ0v) is 13.8. The molecule has 0 saturated heterocycles. The van der Waals surface area contributed by atoms with Crippen LogP contribution in [0.4, 0.5) is 0 Å². The van der Waals surface area contributed by atoms with Gasteiger partial charge in [-0.05, 0) is 35.3 Å². The number of benzene rings is 2. The third-order valence-electron chi connectivity index (χ3n) is 3.64. The molecule has 23 heavy (non-hydrogen) atoms. The summed E-state index contributed by atoms with van der Waals surface area (Å²) in [6, 6.07) is 17.6. The highest BCUT2D eigenvalue weighted by atomic mass is 16.5. The summed E-state index contributed by atoms with van der Waals surface area (Å²) in [4.78, 5) is 12.2. The molecule has 0 saturated carbocycles. The van der Waals surface area contributed by atoms with E-state index in [2.05, 4.69) is 19.2 Å². The number of rotatable bonds is 6. The highest BCUT2D eigenvalue weighted by Crippen LogP contribution is 2.21. The number of ether oxygens (including phenoxy) is 1. The van der Waals surface area contributed by atoms with Crippen LogP contribution in [0.3, 0.4) is 0 Å². The molecule has 0 aliphatic heterocycles. The van der Waals surface area contributed by atoms with Crippen molar-refractivity contribution in [1.82, 2.24) is 5.32 Å². The summed E-state index contributed by atoms with van der Waals surface area (Å²) in [7, 11) is 1.63. The summed E-state index contributed by atoms with van der Waals surface area (Å²) in [5, 5.41) is 3.07. The fraction of sp³-hybridized carbons (Fsp3) is 0.250. The molecule has 0 aromatic heterocycles. The Bertz CT molecular complexity index is 662. The highest BCUT2D eigenvalue weighted by molar-refractivity contribution is 5.92. The van der Waals surface area contributed by atoms with Crippen molar-refractivity contribution < 1.29 is 9.53 Å². The van der Waals surface area contributed by atoms with E-state index in [1.54, 1.807) is 19.3 Å². The van der Waals surface area contributed by atoms with E-state index in [0.29, 0.717) is 5.92 Å². The summed E-state index contributed by atoms with van der Waals surface area (Å²) in [5.74, 6) is 0.985. The highest BCUT2D eigenvalue weighted by Gasteiger charge is 2.16. The van der Waals surface area contributed by atoms with E-state index in [-0.39, 0.29) is 11.9 Å². The van der Waals surface area contributed by atoms with Crippen LogP contribution in [-0.4, -0.2) is 13.0 Å². The Kier molecular flexibility index (Phi) is 5.98. The maximum absolute atomic E-state index is 12.2. The molecule has 2 rings (SSSR count). The minimum absolute atomic E-state index is 0.00124. The van der Waals surface area contributed by atoms with Crippen LogP contribution in [0.5, 0.6) is 5.75 Å². The molecular weight excluding hydrogens is 286 g/mol. The number of carbonyl (C=O) groups is 1. The zero-order chi connectivity index (χ0) is 16.7. The number of carbonyl (C=O) groups excluding carboxylic acids is 1. The van der Waals surface area contributed by atoms with Crippen LogP contribution in [0.2, 0.25) is 0 Å². The van der Waals surface area contributed by atoms with Gasteiger partial charge in [-0.2, -0.15) is 0 Å². The van der Waals surface area contributed by atoms with Gasteiger partial charge < -0.3 is 10.1 Å². The molecule has 1 atom stereocenters. The first-order valence-electron chi connectivity index (χ1n) is 7.77. The van der Waals surface area contributed by atoms with Gasteiger partial charge in [-0.1, -0.05) is 56.3 Å². The normalized spacial score (nSPS) is 12.3. The zero-order valence-electron chi connectivity index (χ0n) is 13.8. The van der Waals surface area contributed by atoms with E-state index < -0.39 is 0 Å². The Morgan fingerprint density at radius 1 is 1.09 bits per heavy atom. The van der Waals surface area contributed by atoms with Crippen molar-refractivity contribution in [3.63, 3.8) is 0 Å². The Balaban J connectivity index is 2.06. The second kappa shape index (κ2) is 8.18. The third-order valence-corrected chi connectivity index (χ3v) is 3.64. The third kappa shape index (κ3) is 4.99. The summed E-state index contributed by atoms with van der Waals surface area (Å²) < 4.78 is 5.18. The van der Waals surface area contributed by atoms with Crippen LogP contribution < -0.4 is 10.1 Å². The number of amides is 1. The first-order valence-corrected chi connectivity index (χ1v) is 7.77. The minimum atomic E-state index is -0.102. The van der Waals surface area contributed by atoms with E-state index in [1.165, 1.54) is 0 Å². The van der Waals surface area contributed by atoms with Gasteiger partial charge in [-0.15, -0.1) is 0 Å². The number of nitrogens with one attached hydrogen (secondary N) is 1. The van der Waals surface area contributed by atoms with Gasteiger partial charge in [0.15, 0.2) is 0 Å². The SMILES string of the molecule is COc1cccc(/C=C/C(=O)N[C@@H](c2ccccc2)C(C)C)c1. The Morgan fingerprint density at radius 2 is 1.83 bits per heavy atom. The molecule has 0 heterocycles. The monoisotopic (exact) mass is 309 g/mol. The van der Waals surface area contributed by atoms with Gasteiger partial charge >= 0.3 is 0 Å². The van der Waals surface area contributed by atoms with Crippen LogP contribution in [0, 0.1) is 5.92 Å². The fourth-order valence-electron chi connectivity index (χ4n) is 2.41. The van der Waals surface area contributed by atoms with Crippen LogP contribution >= 0.6 is 0 Å². The van der Waals surface area contributed by atoms with Crippen LogP contribution in [0.15, 0.2) is 60.7 Å². The summed E-state index contributed by atoms with van der Waals surface area (Å²) in [6.45, 7) is 4.20. The first kappa shape index (κ1) is 16.8. The second-order valence-electron chi connectivity index (χ2n) is 5.75. The molecule has 1 amide bonds. The fourth-order valence-corrected chi connectivity index (χ4v) is 2.41. The number of methoxy groups -OCH3 is 1. The van der Waals surface area contributed by atoms with Crippen LogP contribution in [-0.2, 0) is 4.79 Å². The predicted octanol–water partition coefficient (Wildman–Crippen LogP) is 4.22. The van der Waals surface area contributed by atoms with Crippen LogP contribution in [0.1, 0.15) is 31.0 Å². The van der Waals surface area contributed by atoms with Crippen molar-refractivity contribution in [2.24, 2.45) is 5.92 Å². The maximum Gasteiger partial charge on any atom is 0.244 e. The number of hydrogen-bond acceptors (Lipinski definition) is 2. The lowest BCUT2D eigenvalue weighted by atomic mass is 9.96. The number of hydrogen-bond donors (Lipinski definition) is 1. The van der Waals surface area contributed by atoms with Gasteiger partial charge in [-0.3, -0.25) is 4.79 Å². The van der Waals surface area contributed by atoms with Gasteiger partial charge in [0, 0.05) is 6.08 Å². The molecule has 3 nitrogen and oxygen atoms in total. The van der Waals surface area contributed by atoms with Gasteiger partial charge in [0.05, 0.1) is 13.2 Å². The lowest BCUT2D eigenvalue weighted by molar-refractivity contribution is -0.117. The Labute approximate surface area is 138 Å². The quantitative estimate of drug-likeness (QED) is 0.811. The van der Waals surface area contributed by atoms with Gasteiger partial charge in [0.2, 0.25) is 5.91 Å². The minimum Gasteiger partial charge on any atom is -0.497 e. The molecule has 0 bridgehead atoms. The van der Waals surface area contributed by atoms with Crippen molar-refractivity contribution >= 4 is 12.0 Å². The standard InChI is InChI=1S/C20H23NO2/c1-15(2)20(17-9-5-4-6-10-17)21-19(22)13-12-16-8-7-11-18(14-16)23-3/h4-15,20H,1-3H3,(H,21,22)/b13-12+/t20-/m1/s1. The summed E-state index contributed by atoms with van der Waals surface area (Å²) >= 11 is 0. The van der Waals surface area contributed by atoms with Crippen molar-refractivity contribution in [2.75, 3.05) is 7.11 Å². The molecule has 0 unspecified atom stereocenters. The average molecular weight is 309 g/mol. The first-order chi connectivity index (χ1) is 11.1. The van der Waals surface area contributed by atoms with Gasteiger partial charge in [0.25, 0.3) is 0 Å². The molecule has 120 valence electrons. The molecule has 0 aliphatic rings. The smallest absolute Gasteiger partial charge is 0.244 e.